The molecule has 1 amide bonds. The molecule has 3 atom stereocenters. The third-order valence-corrected chi connectivity index (χ3v) is 4.76. The second-order valence-corrected chi connectivity index (χ2v) is 6.91. The topological polar surface area (TPSA) is 64.6 Å². The molecule has 0 aromatic heterocycles. The summed E-state index contributed by atoms with van der Waals surface area (Å²) in [4.78, 5) is 14.9. The number of aliphatic hydroxyl groups excluding tert-OH is 1. The van der Waals surface area contributed by atoms with Gasteiger partial charge in [-0.25, -0.2) is 0 Å². The van der Waals surface area contributed by atoms with E-state index in [-0.39, 0.29) is 24.1 Å². The standard InChI is InChI=1S/C21H27N3O2/c1-16(22-18-10-6-3-7-11-18)21(26)23-20(17-8-4-2-5-9-17)15-24-13-12-19(25)14-24/h2-11,16,19-20,22,25H,12-15H2,1H3,(H,23,26). The summed E-state index contributed by atoms with van der Waals surface area (Å²) in [7, 11) is 0. The Bertz CT molecular complexity index is 693. The van der Waals surface area contributed by atoms with Crippen molar-refractivity contribution >= 4 is 11.6 Å². The average molecular weight is 353 g/mol. The third kappa shape index (κ3) is 5.07. The summed E-state index contributed by atoms with van der Waals surface area (Å²) >= 11 is 0. The molecule has 2 aromatic carbocycles. The molecule has 1 fully saturated rings. The molecule has 3 rings (SSSR count). The van der Waals surface area contributed by atoms with Gasteiger partial charge in [-0.05, 0) is 31.0 Å². The first-order valence-corrected chi connectivity index (χ1v) is 9.19. The van der Waals surface area contributed by atoms with E-state index in [2.05, 4.69) is 15.5 Å². The molecule has 2 aromatic rings. The van der Waals surface area contributed by atoms with E-state index in [9.17, 15) is 9.90 Å². The molecule has 3 N–H and O–H groups in total. The van der Waals surface area contributed by atoms with Crippen molar-refractivity contribution in [3.63, 3.8) is 0 Å². The van der Waals surface area contributed by atoms with Gasteiger partial charge in [-0.15, -0.1) is 0 Å². The molecular formula is C21H27N3O2. The molecule has 1 saturated heterocycles. The monoisotopic (exact) mass is 353 g/mol. The molecule has 0 radical (unpaired) electrons. The predicted molar refractivity (Wildman–Crippen MR) is 104 cm³/mol. The lowest BCUT2D eigenvalue weighted by Crippen LogP contribution is -2.43. The minimum Gasteiger partial charge on any atom is -0.392 e. The maximum absolute atomic E-state index is 12.7. The Balaban J connectivity index is 1.65. The first kappa shape index (κ1) is 18.4. The number of hydrogen-bond acceptors (Lipinski definition) is 4. The van der Waals surface area contributed by atoms with E-state index in [4.69, 9.17) is 0 Å². The molecule has 5 heteroatoms. The molecule has 1 aliphatic heterocycles. The van der Waals surface area contributed by atoms with E-state index in [1.807, 2.05) is 67.6 Å². The van der Waals surface area contributed by atoms with Crippen molar-refractivity contribution in [1.29, 1.82) is 0 Å². The lowest BCUT2D eigenvalue weighted by Gasteiger charge is -2.26. The van der Waals surface area contributed by atoms with Gasteiger partial charge >= 0.3 is 0 Å². The Labute approximate surface area is 155 Å². The van der Waals surface area contributed by atoms with E-state index in [1.54, 1.807) is 0 Å². The van der Waals surface area contributed by atoms with Crippen molar-refractivity contribution in [1.82, 2.24) is 10.2 Å². The van der Waals surface area contributed by atoms with Crippen LogP contribution in [0.15, 0.2) is 60.7 Å². The van der Waals surface area contributed by atoms with E-state index in [1.165, 1.54) is 0 Å². The second-order valence-electron chi connectivity index (χ2n) is 6.91. The number of β-amino-alcohol motifs (C(OH)–C–C–N with tert-alkyl or cyclic N) is 1. The van der Waals surface area contributed by atoms with Gasteiger partial charge in [-0.1, -0.05) is 48.5 Å². The maximum Gasteiger partial charge on any atom is 0.242 e. The van der Waals surface area contributed by atoms with Gasteiger partial charge in [-0.3, -0.25) is 9.69 Å². The number of amides is 1. The van der Waals surface area contributed by atoms with Crippen LogP contribution in [0.5, 0.6) is 0 Å². The van der Waals surface area contributed by atoms with Crippen LogP contribution in [0.1, 0.15) is 24.9 Å². The summed E-state index contributed by atoms with van der Waals surface area (Å²) in [6.07, 6.45) is 0.530. The summed E-state index contributed by atoms with van der Waals surface area (Å²) < 4.78 is 0. The summed E-state index contributed by atoms with van der Waals surface area (Å²) in [6.45, 7) is 4.09. The lowest BCUT2D eigenvalue weighted by atomic mass is 10.1. The van der Waals surface area contributed by atoms with Crippen molar-refractivity contribution < 1.29 is 9.90 Å². The highest BCUT2D eigenvalue weighted by Crippen LogP contribution is 2.18. The van der Waals surface area contributed by atoms with Crippen LogP contribution in [0.25, 0.3) is 0 Å². The zero-order chi connectivity index (χ0) is 18.4. The molecular weight excluding hydrogens is 326 g/mol. The van der Waals surface area contributed by atoms with Crippen LogP contribution in [0.3, 0.4) is 0 Å². The number of aliphatic hydroxyl groups is 1. The number of likely N-dealkylation sites (tertiary alicyclic amines) is 1. The number of hydrogen-bond donors (Lipinski definition) is 3. The summed E-state index contributed by atoms with van der Waals surface area (Å²) in [5.41, 5.74) is 2.00. The molecule has 5 nitrogen and oxygen atoms in total. The van der Waals surface area contributed by atoms with Gasteiger partial charge < -0.3 is 15.7 Å². The number of nitrogens with one attached hydrogen (secondary N) is 2. The Morgan fingerprint density at radius 2 is 1.81 bits per heavy atom. The van der Waals surface area contributed by atoms with Crippen molar-refractivity contribution in [2.75, 3.05) is 25.0 Å². The van der Waals surface area contributed by atoms with Crippen molar-refractivity contribution in [2.45, 2.75) is 31.5 Å². The Morgan fingerprint density at radius 1 is 1.15 bits per heavy atom. The van der Waals surface area contributed by atoms with Gasteiger partial charge in [0.05, 0.1) is 12.1 Å². The molecule has 0 aliphatic carbocycles. The zero-order valence-electron chi connectivity index (χ0n) is 15.1. The van der Waals surface area contributed by atoms with Crippen LogP contribution in [-0.4, -0.2) is 47.7 Å². The van der Waals surface area contributed by atoms with Crippen LogP contribution >= 0.6 is 0 Å². The minimum atomic E-state index is -0.340. The van der Waals surface area contributed by atoms with Crippen molar-refractivity contribution in [2.24, 2.45) is 0 Å². The molecule has 0 bridgehead atoms. The maximum atomic E-state index is 12.7. The Kier molecular flexibility index (Phi) is 6.26. The van der Waals surface area contributed by atoms with Gasteiger partial charge in [0.1, 0.15) is 6.04 Å². The lowest BCUT2D eigenvalue weighted by molar-refractivity contribution is -0.122. The minimum absolute atomic E-state index is 0.0394. The van der Waals surface area contributed by atoms with E-state index >= 15 is 0 Å². The van der Waals surface area contributed by atoms with Crippen LogP contribution in [0.2, 0.25) is 0 Å². The Hall–Kier alpha value is -2.37. The largest absolute Gasteiger partial charge is 0.392 e. The molecule has 3 unspecified atom stereocenters. The van der Waals surface area contributed by atoms with Crippen molar-refractivity contribution in [3.8, 4) is 0 Å². The van der Waals surface area contributed by atoms with Crippen LogP contribution in [0.4, 0.5) is 5.69 Å². The fourth-order valence-electron chi connectivity index (χ4n) is 3.30. The number of rotatable bonds is 7. The van der Waals surface area contributed by atoms with Crippen LogP contribution in [0, 0.1) is 0 Å². The smallest absolute Gasteiger partial charge is 0.242 e. The zero-order valence-corrected chi connectivity index (χ0v) is 15.1. The molecule has 1 aliphatic rings. The average Bonchev–Trinajstić information content (AvgIpc) is 3.07. The molecule has 0 saturated carbocycles. The number of benzene rings is 2. The molecule has 26 heavy (non-hydrogen) atoms. The summed E-state index contributed by atoms with van der Waals surface area (Å²) in [5, 5.41) is 16.2. The van der Waals surface area contributed by atoms with Gasteiger partial charge in [-0.2, -0.15) is 0 Å². The number of para-hydroxylation sites is 1. The first-order valence-electron chi connectivity index (χ1n) is 9.19. The van der Waals surface area contributed by atoms with Crippen LogP contribution in [-0.2, 0) is 4.79 Å². The normalized spacial score (nSPS) is 19.7. The SMILES string of the molecule is CC(Nc1ccccc1)C(=O)NC(CN1CCC(O)C1)c1ccccc1. The summed E-state index contributed by atoms with van der Waals surface area (Å²) in [5.74, 6) is -0.0394. The quantitative estimate of drug-likeness (QED) is 0.715. The number of anilines is 1. The van der Waals surface area contributed by atoms with Gasteiger partial charge in [0, 0.05) is 25.3 Å². The highest BCUT2D eigenvalue weighted by Gasteiger charge is 2.25. The second kappa shape index (κ2) is 8.83. The number of nitrogens with zero attached hydrogens (tertiary/aromatic N) is 1. The van der Waals surface area contributed by atoms with E-state index in [0.717, 1.165) is 24.2 Å². The first-order chi connectivity index (χ1) is 12.6. The van der Waals surface area contributed by atoms with Crippen LogP contribution < -0.4 is 10.6 Å². The van der Waals surface area contributed by atoms with Crippen molar-refractivity contribution in [3.05, 3.63) is 66.2 Å². The van der Waals surface area contributed by atoms with Gasteiger partial charge in [0.15, 0.2) is 0 Å². The highest BCUT2D eigenvalue weighted by atomic mass is 16.3. The number of carbonyl (C=O) groups excluding carboxylic acids is 1. The van der Waals surface area contributed by atoms with E-state index in [0.29, 0.717) is 13.1 Å². The fraction of sp³-hybridized carbons (Fsp3) is 0.381. The molecule has 138 valence electrons. The van der Waals surface area contributed by atoms with Gasteiger partial charge in [0.2, 0.25) is 5.91 Å². The summed E-state index contributed by atoms with van der Waals surface area (Å²) in [6, 6.07) is 19.3. The number of carbonyl (C=O) groups is 1. The van der Waals surface area contributed by atoms with E-state index < -0.39 is 0 Å². The fourth-order valence-corrected chi connectivity index (χ4v) is 3.30. The molecule has 1 heterocycles. The van der Waals surface area contributed by atoms with Gasteiger partial charge in [0.25, 0.3) is 0 Å². The third-order valence-electron chi connectivity index (χ3n) is 4.76. The highest BCUT2D eigenvalue weighted by molar-refractivity contribution is 5.84. The predicted octanol–water partition coefficient (Wildman–Crippen LogP) is 2.41. The molecule has 0 spiro atoms. The Morgan fingerprint density at radius 3 is 2.42 bits per heavy atom.